The van der Waals surface area contributed by atoms with Gasteiger partial charge in [0.15, 0.2) is 5.82 Å². The molecule has 1 aromatic carbocycles. The zero-order valence-corrected chi connectivity index (χ0v) is 20.4. The number of H-pyrrole nitrogens is 1. The number of rotatable bonds is 8. The van der Waals surface area contributed by atoms with E-state index in [0.717, 1.165) is 5.69 Å². The van der Waals surface area contributed by atoms with Gasteiger partial charge in [-0.05, 0) is 50.9 Å². The Morgan fingerprint density at radius 2 is 2.11 bits per heavy atom. The summed E-state index contributed by atoms with van der Waals surface area (Å²) in [6.45, 7) is 4.59. The molecule has 1 unspecified atom stereocenters. The number of aryl methyl sites for hydroxylation is 1. The third-order valence-corrected chi connectivity index (χ3v) is 7.03. The van der Waals surface area contributed by atoms with Gasteiger partial charge in [-0.15, -0.1) is 0 Å². The first-order valence-electron chi connectivity index (χ1n) is 11.6. The predicted molar refractivity (Wildman–Crippen MR) is 130 cm³/mol. The molecule has 0 spiro atoms. The van der Waals surface area contributed by atoms with E-state index >= 15 is 0 Å². The van der Waals surface area contributed by atoms with Crippen LogP contribution in [0.4, 0.5) is 20.4 Å². The number of aliphatic carboxylic acids is 1. The van der Waals surface area contributed by atoms with Crippen LogP contribution in [-0.4, -0.2) is 43.7 Å². The fourth-order valence-corrected chi connectivity index (χ4v) is 4.96. The molecule has 0 bridgehead atoms. The largest absolute Gasteiger partial charge is 0.481 e. The number of carbonyl (C=O) groups is 1. The molecule has 4 rings (SSSR count). The van der Waals surface area contributed by atoms with E-state index in [9.17, 15) is 18.7 Å². The second-order valence-electron chi connectivity index (χ2n) is 9.15. The van der Waals surface area contributed by atoms with Crippen LogP contribution in [0.25, 0.3) is 0 Å². The zero-order chi connectivity index (χ0) is 25.2. The molecule has 7 nitrogen and oxygen atoms in total. The van der Waals surface area contributed by atoms with Gasteiger partial charge in [-0.2, -0.15) is 5.10 Å². The summed E-state index contributed by atoms with van der Waals surface area (Å²) >= 11 is 5.93. The molecule has 1 saturated heterocycles. The number of nitrogens with zero attached hydrogens (tertiary/aromatic N) is 3. The van der Waals surface area contributed by atoms with E-state index in [-0.39, 0.29) is 23.2 Å². The van der Waals surface area contributed by atoms with Crippen LogP contribution in [0.3, 0.4) is 0 Å². The number of hydrogen-bond donors (Lipinski definition) is 3. The molecule has 10 heteroatoms. The number of piperidine rings is 1. The van der Waals surface area contributed by atoms with E-state index in [1.54, 1.807) is 18.2 Å². The molecule has 0 aliphatic carbocycles. The molecule has 2 atom stereocenters. The van der Waals surface area contributed by atoms with Crippen molar-refractivity contribution in [2.24, 2.45) is 5.41 Å². The van der Waals surface area contributed by atoms with Crippen molar-refractivity contribution in [3.05, 3.63) is 70.0 Å². The van der Waals surface area contributed by atoms with Gasteiger partial charge >= 0.3 is 5.97 Å². The third-order valence-electron chi connectivity index (χ3n) is 6.74. The maximum Gasteiger partial charge on any atom is 0.310 e. The van der Waals surface area contributed by atoms with Crippen molar-refractivity contribution < 1.29 is 18.7 Å². The number of likely N-dealkylation sites (tertiary alicyclic amines) is 1. The summed E-state index contributed by atoms with van der Waals surface area (Å²) in [5.41, 5.74) is 0.238. The molecular formula is C25H28ClF2N5O2. The Morgan fingerprint density at radius 1 is 1.31 bits per heavy atom. The van der Waals surface area contributed by atoms with Gasteiger partial charge in [-0.1, -0.05) is 30.7 Å². The molecule has 3 aromatic rings. The van der Waals surface area contributed by atoms with Crippen molar-refractivity contribution in [2.75, 3.05) is 11.9 Å². The first kappa shape index (κ1) is 25.1. The molecule has 0 amide bonds. The van der Waals surface area contributed by atoms with Gasteiger partial charge in [-0.25, -0.2) is 13.8 Å². The quantitative estimate of drug-likeness (QED) is 0.377. The minimum absolute atomic E-state index is 0.0425. The lowest BCUT2D eigenvalue weighted by Gasteiger charge is -2.44. The normalized spacial score (nSPS) is 20.7. The molecule has 0 saturated carbocycles. The van der Waals surface area contributed by atoms with Crippen LogP contribution in [0.5, 0.6) is 0 Å². The van der Waals surface area contributed by atoms with Crippen LogP contribution in [0.2, 0.25) is 5.02 Å². The van der Waals surface area contributed by atoms with Crippen molar-refractivity contribution in [1.82, 2.24) is 20.1 Å². The van der Waals surface area contributed by atoms with E-state index in [1.807, 2.05) is 13.8 Å². The van der Waals surface area contributed by atoms with Gasteiger partial charge in [0.05, 0.1) is 16.1 Å². The number of aromatic nitrogens is 3. The van der Waals surface area contributed by atoms with Gasteiger partial charge in [0, 0.05) is 36.3 Å². The summed E-state index contributed by atoms with van der Waals surface area (Å²) in [6, 6.07) is 9.34. The van der Waals surface area contributed by atoms with Crippen molar-refractivity contribution in [1.29, 1.82) is 0 Å². The Bertz CT molecular complexity index is 1220. The van der Waals surface area contributed by atoms with Crippen LogP contribution in [0, 0.1) is 24.0 Å². The molecule has 1 fully saturated rings. The molecular weight excluding hydrogens is 476 g/mol. The Hall–Kier alpha value is -3.04. The number of pyridine rings is 1. The van der Waals surface area contributed by atoms with Gasteiger partial charge in [0.1, 0.15) is 17.5 Å². The molecule has 35 heavy (non-hydrogen) atoms. The lowest BCUT2D eigenvalue weighted by molar-refractivity contribution is -0.154. The summed E-state index contributed by atoms with van der Waals surface area (Å²) < 4.78 is 29.2. The number of carboxylic acids is 1. The Balaban J connectivity index is 1.54. The highest BCUT2D eigenvalue weighted by Gasteiger charge is 2.46. The van der Waals surface area contributed by atoms with Crippen LogP contribution in [0.15, 0.2) is 36.4 Å². The van der Waals surface area contributed by atoms with Crippen LogP contribution >= 0.6 is 11.6 Å². The maximum atomic E-state index is 14.8. The molecule has 3 N–H and O–H groups in total. The van der Waals surface area contributed by atoms with Crippen molar-refractivity contribution in [2.45, 2.75) is 52.1 Å². The van der Waals surface area contributed by atoms with Gasteiger partial charge < -0.3 is 10.4 Å². The number of carboxylic acid groups (broad SMARTS) is 1. The SMILES string of the molecule is CC[C@H]1CC(Cc2nc(Nc3cc(C)[nH]n3)ccc2F)(C(=O)O)CCN1Cc1cccc(Cl)c1F. The molecule has 0 radical (unpaired) electrons. The van der Waals surface area contributed by atoms with Crippen LogP contribution in [-0.2, 0) is 17.8 Å². The molecule has 1 aliphatic heterocycles. The third kappa shape index (κ3) is 5.46. The van der Waals surface area contributed by atoms with Crippen LogP contribution in [0.1, 0.15) is 43.1 Å². The average Bonchev–Trinajstić information content (AvgIpc) is 3.24. The molecule has 3 heterocycles. The highest BCUT2D eigenvalue weighted by molar-refractivity contribution is 6.30. The first-order valence-corrected chi connectivity index (χ1v) is 11.9. The highest BCUT2D eigenvalue weighted by Crippen LogP contribution is 2.40. The van der Waals surface area contributed by atoms with Crippen LogP contribution < -0.4 is 5.32 Å². The molecule has 1 aliphatic rings. The summed E-state index contributed by atoms with van der Waals surface area (Å²) in [6.07, 6.45) is 1.23. The van der Waals surface area contributed by atoms with E-state index in [0.29, 0.717) is 49.6 Å². The highest BCUT2D eigenvalue weighted by atomic mass is 35.5. The molecule has 186 valence electrons. The smallest absolute Gasteiger partial charge is 0.310 e. The van der Waals surface area contributed by atoms with Gasteiger partial charge in [0.2, 0.25) is 0 Å². The van der Waals surface area contributed by atoms with Gasteiger partial charge in [0.25, 0.3) is 0 Å². The van der Waals surface area contributed by atoms with Crippen molar-refractivity contribution in [3.63, 3.8) is 0 Å². The minimum Gasteiger partial charge on any atom is -0.481 e. The lowest BCUT2D eigenvalue weighted by Crippen LogP contribution is -2.50. The average molecular weight is 504 g/mol. The van der Waals surface area contributed by atoms with E-state index < -0.39 is 23.0 Å². The summed E-state index contributed by atoms with van der Waals surface area (Å²) in [5, 5.41) is 20.2. The topological polar surface area (TPSA) is 94.1 Å². The van der Waals surface area contributed by atoms with E-state index in [1.165, 1.54) is 18.2 Å². The van der Waals surface area contributed by atoms with Gasteiger partial charge in [-0.3, -0.25) is 14.8 Å². The monoisotopic (exact) mass is 503 g/mol. The number of hydrogen-bond acceptors (Lipinski definition) is 5. The second kappa shape index (κ2) is 10.3. The number of benzene rings is 1. The zero-order valence-electron chi connectivity index (χ0n) is 19.6. The lowest BCUT2D eigenvalue weighted by atomic mass is 9.71. The minimum atomic E-state index is -1.18. The second-order valence-corrected chi connectivity index (χ2v) is 9.56. The first-order chi connectivity index (χ1) is 16.7. The molecule has 2 aromatic heterocycles. The predicted octanol–water partition coefficient (Wildman–Crippen LogP) is 5.48. The number of halogens is 3. The number of aromatic amines is 1. The number of anilines is 2. The van der Waals surface area contributed by atoms with Crippen molar-refractivity contribution >= 4 is 29.2 Å². The summed E-state index contributed by atoms with van der Waals surface area (Å²) in [5.74, 6) is -1.07. The summed E-state index contributed by atoms with van der Waals surface area (Å²) in [4.78, 5) is 19.0. The van der Waals surface area contributed by atoms with E-state index in [2.05, 4.69) is 25.4 Å². The van der Waals surface area contributed by atoms with Crippen molar-refractivity contribution in [3.8, 4) is 0 Å². The van der Waals surface area contributed by atoms with E-state index in [4.69, 9.17) is 11.6 Å². The summed E-state index contributed by atoms with van der Waals surface area (Å²) in [7, 11) is 0. The Kier molecular flexibility index (Phi) is 7.37. The maximum absolute atomic E-state index is 14.8. The Morgan fingerprint density at radius 3 is 2.80 bits per heavy atom. The fourth-order valence-electron chi connectivity index (χ4n) is 4.76. The fraction of sp³-hybridized carbons (Fsp3) is 0.400. The Labute approximate surface area is 207 Å². The number of nitrogens with one attached hydrogen (secondary N) is 2. The standard InChI is InChI=1S/C25H28ClF2N5O2/c1-3-17-12-25(24(34)35,9-10-33(17)14-16-5-4-6-18(26)23(16)28)13-20-19(27)7-8-21(29-20)30-22-11-15(2)31-32-22/h4-8,11,17H,3,9-10,12-14H2,1-2H3,(H,34,35)(H2,29,30,31,32)/t17-,25?/m0/s1.